The first-order chi connectivity index (χ1) is 12.2. The molecule has 1 aliphatic rings. The van der Waals surface area contributed by atoms with Gasteiger partial charge in [0.1, 0.15) is 5.82 Å². The van der Waals surface area contributed by atoms with Crippen LogP contribution in [0.4, 0.5) is 28.0 Å². The van der Waals surface area contributed by atoms with E-state index in [2.05, 4.69) is 16.0 Å². The molecule has 0 aromatic heterocycles. The fraction of sp³-hybridized carbons (Fsp3) is 0.500. The molecule has 1 saturated heterocycles. The molecule has 0 unspecified atom stereocenters. The van der Waals surface area contributed by atoms with E-state index in [9.17, 15) is 27.2 Å². The van der Waals surface area contributed by atoms with E-state index in [1.165, 1.54) is 29.2 Å². The molecule has 10 heteroatoms. The van der Waals surface area contributed by atoms with Crippen molar-refractivity contribution in [2.45, 2.75) is 12.6 Å². The predicted octanol–water partition coefficient (Wildman–Crippen LogP) is 1.95. The molecule has 3 amide bonds. The largest absolute Gasteiger partial charge is 0.401 e. The first-order valence-electron chi connectivity index (χ1n) is 8.07. The van der Waals surface area contributed by atoms with Crippen molar-refractivity contribution in [2.75, 3.05) is 38.0 Å². The summed E-state index contributed by atoms with van der Waals surface area (Å²) in [5.74, 6) is -0.971. The average Bonchev–Trinajstić information content (AvgIpc) is 2.98. The van der Waals surface area contributed by atoms with Gasteiger partial charge in [0.25, 0.3) is 0 Å². The summed E-state index contributed by atoms with van der Waals surface area (Å²) in [6.07, 6.45) is -3.65. The Kier molecular flexibility index (Phi) is 6.78. The van der Waals surface area contributed by atoms with Crippen LogP contribution >= 0.6 is 0 Å². The van der Waals surface area contributed by atoms with Gasteiger partial charge in [0.2, 0.25) is 5.91 Å². The van der Waals surface area contributed by atoms with E-state index < -0.39 is 30.5 Å². The highest BCUT2D eigenvalue weighted by Gasteiger charge is 2.34. The summed E-state index contributed by atoms with van der Waals surface area (Å²) in [5.41, 5.74) is 0.398. The zero-order valence-corrected chi connectivity index (χ0v) is 13.9. The van der Waals surface area contributed by atoms with Crippen molar-refractivity contribution >= 4 is 17.6 Å². The third-order valence-corrected chi connectivity index (χ3v) is 3.86. The van der Waals surface area contributed by atoms with Gasteiger partial charge in [-0.2, -0.15) is 13.2 Å². The van der Waals surface area contributed by atoms with Gasteiger partial charge in [-0.25, -0.2) is 9.18 Å². The summed E-state index contributed by atoms with van der Waals surface area (Å²) in [5, 5.41) is 7.39. The molecule has 1 aromatic carbocycles. The fourth-order valence-corrected chi connectivity index (χ4v) is 2.68. The maximum Gasteiger partial charge on any atom is 0.401 e. The lowest BCUT2D eigenvalue weighted by Crippen LogP contribution is -2.42. The molecule has 0 spiro atoms. The SMILES string of the molecule is O=C(CNC(=O)NC[C@@H]1CCN(CC(F)(F)F)C1)Nc1ccc(F)cc1. The lowest BCUT2D eigenvalue weighted by atomic mass is 10.1. The van der Waals surface area contributed by atoms with Crippen LogP contribution in [0.25, 0.3) is 0 Å². The Morgan fingerprint density at radius 1 is 1.15 bits per heavy atom. The second kappa shape index (κ2) is 8.84. The van der Waals surface area contributed by atoms with Gasteiger partial charge in [-0.15, -0.1) is 0 Å². The van der Waals surface area contributed by atoms with Crippen LogP contribution in [-0.2, 0) is 4.79 Å². The number of carbonyl (C=O) groups excluding carboxylic acids is 2. The van der Waals surface area contributed by atoms with Gasteiger partial charge >= 0.3 is 12.2 Å². The van der Waals surface area contributed by atoms with E-state index >= 15 is 0 Å². The highest BCUT2D eigenvalue weighted by atomic mass is 19.4. The van der Waals surface area contributed by atoms with Gasteiger partial charge in [-0.05, 0) is 43.1 Å². The molecule has 0 aliphatic carbocycles. The fourth-order valence-electron chi connectivity index (χ4n) is 2.68. The summed E-state index contributed by atoms with van der Waals surface area (Å²) < 4.78 is 49.7. The minimum absolute atomic E-state index is 0.0591. The molecule has 0 radical (unpaired) electrons. The van der Waals surface area contributed by atoms with Gasteiger partial charge in [0.15, 0.2) is 0 Å². The molecular formula is C16H20F4N4O2. The molecule has 3 N–H and O–H groups in total. The van der Waals surface area contributed by atoms with Crippen LogP contribution in [0.5, 0.6) is 0 Å². The topological polar surface area (TPSA) is 73.5 Å². The molecule has 1 fully saturated rings. The normalized spacial score (nSPS) is 17.8. The Labute approximate surface area is 147 Å². The van der Waals surface area contributed by atoms with Crippen molar-refractivity contribution in [1.82, 2.24) is 15.5 Å². The van der Waals surface area contributed by atoms with E-state index in [0.29, 0.717) is 18.7 Å². The number of anilines is 1. The predicted molar refractivity (Wildman–Crippen MR) is 87.0 cm³/mol. The Morgan fingerprint density at radius 3 is 2.50 bits per heavy atom. The van der Waals surface area contributed by atoms with E-state index in [0.717, 1.165) is 0 Å². The number of nitrogens with one attached hydrogen (secondary N) is 3. The second-order valence-corrected chi connectivity index (χ2v) is 6.12. The Hall–Kier alpha value is -2.36. The molecule has 2 rings (SSSR count). The smallest absolute Gasteiger partial charge is 0.338 e. The maximum absolute atomic E-state index is 12.8. The van der Waals surface area contributed by atoms with E-state index in [-0.39, 0.29) is 25.6 Å². The number of alkyl halides is 3. The van der Waals surface area contributed by atoms with Crippen LogP contribution in [-0.4, -0.2) is 55.7 Å². The van der Waals surface area contributed by atoms with Gasteiger partial charge < -0.3 is 16.0 Å². The van der Waals surface area contributed by atoms with Crippen LogP contribution in [0.3, 0.4) is 0 Å². The highest BCUT2D eigenvalue weighted by molar-refractivity contribution is 5.94. The number of amides is 3. The first-order valence-corrected chi connectivity index (χ1v) is 8.07. The molecule has 26 heavy (non-hydrogen) atoms. The van der Waals surface area contributed by atoms with E-state index in [1.54, 1.807) is 0 Å². The molecule has 1 aliphatic heterocycles. The molecule has 1 heterocycles. The average molecular weight is 376 g/mol. The Morgan fingerprint density at radius 2 is 1.85 bits per heavy atom. The lowest BCUT2D eigenvalue weighted by Gasteiger charge is -2.18. The van der Waals surface area contributed by atoms with Gasteiger partial charge in [0.05, 0.1) is 13.1 Å². The van der Waals surface area contributed by atoms with Crippen molar-refractivity contribution in [3.8, 4) is 0 Å². The number of rotatable bonds is 6. The maximum atomic E-state index is 12.8. The first kappa shape index (κ1) is 20.0. The number of carbonyl (C=O) groups is 2. The molecule has 144 valence electrons. The van der Waals surface area contributed by atoms with Gasteiger partial charge in [0, 0.05) is 18.8 Å². The molecule has 0 bridgehead atoms. The zero-order chi connectivity index (χ0) is 19.2. The molecule has 6 nitrogen and oxygen atoms in total. The van der Waals surface area contributed by atoms with Crippen molar-refractivity contribution < 1.29 is 27.2 Å². The number of halogens is 4. The van der Waals surface area contributed by atoms with Crippen molar-refractivity contribution in [1.29, 1.82) is 0 Å². The minimum atomic E-state index is -4.22. The minimum Gasteiger partial charge on any atom is -0.338 e. The Bertz CT molecular complexity index is 622. The lowest BCUT2D eigenvalue weighted by molar-refractivity contribution is -0.143. The summed E-state index contributed by atoms with van der Waals surface area (Å²) in [7, 11) is 0. The summed E-state index contributed by atoms with van der Waals surface area (Å²) in [4.78, 5) is 24.6. The summed E-state index contributed by atoms with van der Waals surface area (Å²) in [6.45, 7) is -0.383. The number of urea groups is 1. The van der Waals surface area contributed by atoms with E-state index in [4.69, 9.17) is 0 Å². The number of benzene rings is 1. The quantitative estimate of drug-likeness (QED) is 0.665. The number of hydrogen-bond acceptors (Lipinski definition) is 3. The molecule has 0 saturated carbocycles. The number of hydrogen-bond donors (Lipinski definition) is 3. The van der Waals surface area contributed by atoms with Crippen molar-refractivity contribution in [3.05, 3.63) is 30.1 Å². The zero-order valence-electron chi connectivity index (χ0n) is 13.9. The highest BCUT2D eigenvalue weighted by Crippen LogP contribution is 2.22. The molecule has 1 aromatic rings. The Balaban J connectivity index is 1.62. The van der Waals surface area contributed by atoms with Crippen LogP contribution in [0, 0.1) is 11.7 Å². The van der Waals surface area contributed by atoms with Crippen LogP contribution < -0.4 is 16.0 Å². The van der Waals surface area contributed by atoms with Crippen LogP contribution in [0.2, 0.25) is 0 Å². The van der Waals surface area contributed by atoms with Crippen LogP contribution in [0.15, 0.2) is 24.3 Å². The molecule has 1 atom stereocenters. The number of nitrogens with zero attached hydrogens (tertiary/aromatic N) is 1. The van der Waals surface area contributed by atoms with Crippen molar-refractivity contribution in [2.24, 2.45) is 5.92 Å². The third-order valence-electron chi connectivity index (χ3n) is 3.86. The monoisotopic (exact) mass is 376 g/mol. The van der Waals surface area contributed by atoms with E-state index in [1.807, 2.05) is 0 Å². The van der Waals surface area contributed by atoms with Crippen LogP contribution in [0.1, 0.15) is 6.42 Å². The standard InChI is InChI=1S/C16H20F4N4O2/c17-12-1-3-13(4-2-12)23-14(25)8-22-15(26)21-7-11-5-6-24(9-11)10-16(18,19)20/h1-4,11H,5-10H2,(H,23,25)(H2,21,22,26)/t11-/m0/s1. The summed E-state index contributed by atoms with van der Waals surface area (Å²) >= 11 is 0. The molecular weight excluding hydrogens is 356 g/mol. The van der Waals surface area contributed by atoms with Gasteiger partial charge in [-0.3, -0.25) is 9.69 Å². The third kappa shape index (κ3) is 7.26. The second-order valence-electron chi connectivity index (χ2n) is 6.12. The van der Waals surface area contributed by atoms with Gasteiger partial charge in [-0.1, -0.05) is 0 Å². The van der Waals surface area contributed by atoms with Crippen molar-refractivity contribution in [3.63, 3.8) is 0 Å². The summed E-state index contributed by atoms with van der Waals surface area (Å²) in [6, 6.07) is 4.59. The number of likely N-dealkylation sites (tertiary alicyclic amines) is 1.